The molecule has 0 saturated carbocycles. The van der Waals surface area contributed by atoms with Gasteiger partial charge in [0.1, 0.15) is 5.82 Å². The lowest BCUT2D eigenvalue weighted by Gasteiger charge is -2.14. The van der Waals surface area contributed by atoms with Crippen LogP contribution in [0.4, 0.5) is 41.2 Å². The van der Waals surface area contributed by atoms with Crippen molar-refractivity contribution in [2.75, 3.05) is 5.32 Å². The zero-order chi connectivity index (χ0) is 20.2. The minimum Gasteiger partial charge on any atom is -0.306 e. The molecule has 0 saturated heterocycles. The summed E-state index contributed by atoms with van der Waals surface area (Å²) in [7, 11) is 0. The number of nitrogens with one attached hydrogen (secondary N) is 2. The van der Waals surface area contributed by atoms with E-state index in [0.29, 0.717) is 17.7 Å². The highest BCUT2D eigenvalue weighted by molar-refractivity contribution is 5.90. The third kappa shape index (κ3) is 5.97. The van der Waals surface area contributed by atoms with Crippen LogP contribution in [0.25, 0.3) is 0 Å². The van der Waals surface area contributed by atoms with E-state index >= 15 is 0 Å². The van der Waals surface area contributed by atoms with Crippen molar-refractivity contribution in [3.8, 4) is 0 Å². The average Bonchev–Trinajstić information content (AvgIpc) is 2.55. The summed E-state index contributed by atoms with van der Waals surface area (Å²) in [4.78, 5) is 11.6. The predicted molar refractivity (Wildman–Crippen MR) is 82.6 cm³/mol. The second-order valence-electron chi connectivity index (χ2n) is 5.17. The quantitative estimate of drug-likeness (QED) is 0.430. The first-order chi connectivity index (χ1) is 12.4. The molecule has 0 atom stereocenters. The van der Waals surface area contributed by atoms with Crippen LogP contribution in [0.5, 0.6) is 0 Å². The molecule has 0 spiro atoms. The molecule has 11 heteroatoms. The molecule has 0 fully saturated rings. The molecule has 2 N–H and O–H groups in total. The smallest absolute Gasteiger partial charge is 0.306 e. The summed E-state index contributed by atoms with van der Waals surface area (Å²) in [6, 6.07) is 4.42. The zero-order valence-corrected chi connectivity index (χ0v) is 13.1. The van der Waals surface area contributed by atoms with Crippen LogP contribution in [0.15, 0.2) is 47.6 Å². The molecule has 0 aliphatic heterocycles. The van der Waals surface area contributed by atoms with Crippen molar-refractivity contribution in [1.29, 1.82) is 0 Å². The van der Waals surface area contributed by atoms with E-state index in [2.05, 4.69) is 5.10 Å². The monoisotopic (exact) mass is 393 g/mol. The first-order valence-electron chi connectivity index (χ1n) is 7.10. The van der Waals surface area contributed by atoms with Crippen molar-refractivity contribution in [2.24, 2.45) is 5.10 Å². The Bertz CT molecular complexity index is 810. The van der Waals surface area contributed by atoms with E-state index in [0.717, 1.165) is 18.3 Å². The summed E-state index contributed by atoms with van der Waals surface area (Å²) in [5.74, 6) is -0.497. The molecule has 0 unspecified atom stereocenters. The van der Waals surface area contributed by atoms with E-state index in [1.807, 2.05) is 10.7 Å². The lowest BCUT2D eigenvalue weighted by atomic mass is 10.1. The number of benzene rings is 2. The Balaban J connectivity index is 2.13. The minimum absolute atomic E-state index is 0.0598. The van der Waals surface area contributed by atoms with Crippen molar-refractivity contribution in [1.82, 2.24) is 5.43 Å². The lowest BCUT2D eigenvalue weighted by Crippen LogP contribution is -2.25. The van der Waals surface area contributed by atoms with Gasteiger partial charge in [-0.25, -0.2) is 14.6 Å². The van der Waals surface area contributed by atoms with Crippen LogP contribution in [-0.2, 0) is 12.4 Å². The van der Waals surface area contributed by atoms with E-state index in [-0.39, 0.29) is 6.07 Å². The molecule has 144 valence electrons. The number of urea groups is 1. The van der Waals surface area contributed by atoms with Gasteiger partial charge in [0, 0.05) is 5.69 Å². The van der Waals surface area contributed by atoms with Gasteiger partial charge in [-0.1, -0.05) is 12.1 Å². The van der Waals surface area contributed by atoms with Gasteiger partial charge in [-0.15, -0.1) is 0 Å². The summed E-state index contributed by atoms with van der Waals surface area (Å²) in [6.45, 7) is 0. The van der Waals surface area contributed by atoms with E-state index in [1.54, 1.807) is 0 Å². The Hall–Kier alpha value is -3.11. The summed E-state index contributed by atoms with van der Waals surface area (Å²) in [5, 5.41) is 5.29. The first kappa shape index (κ1) is 20.2. The number of amides is 2. The molecule has 0 aliphatic carbocycles. The number of hydrazone groups is 1. The Morgan fingerprint density at radius 1 is 0.889 bits per heavy atom. The molecule has 0 aliphatic rings. The fraction of sp³-hybridized carbons (Fsp3) is 0.125. The number of carbonyl (C=O) groups excluding carboxylic acids is 1. The summed E-state index contributed by atoms with van der Waals surface area (Å²) < 4.78 is 89.2. The standard InChI is InChI=1S/C16H10F7N3O/c17-12-3-1-9(2-4-12)8-24-26-14(27)25-13-6-10(15(18,19)20)5-11(7-13)16(21,22)23/h1-8H,(H2,25,26,27)/b24-8-. The normalized spacial score (nSPS) is 12.3. The highest BCUT2D eigenvalue weighted by Crippen LogP contribution is 2.37. The van der Waals surface area contributed by atoms with E-state index in [9.17, 15) is 35.5 Å². The third-order valence-corrected chi connectivity index (χ3v) is 3.10. The van der Waals surface area contributed by atoms with Gasteiger partial charge in [0.15, 0.2) is 0 Å². The van der Waals surface area contributed by atoms with Crippen LogP contribution in [0, 0.1) is 5.82 Å². The second kappa shape index (κ2) is 7.64. The third-order valence-electron chi connectivity index (χ3n) is 3.10. The maximum Gasteiger partial charge on any atom is 0.416 e. The number of nitrogens with zero attached hydrogens (tertiary/aromatic N) is 1. The van der Waals surface area contributed by atoms with Crippen LogP contribution in [0.1, 0.15) is 16.7 Å². The van der Waals surface area contributed by atoms with Gasteiger partial charge in [0.25, 0.3) is 0 Å². The average molecular weight is 393 g/mol. The molecule has 0 aromatic heterocycles. The molecular weight excluding hydrogens is 383 g/mol. The van der Waals surface area contributed by atoms with Gasteiger partial charge in [-0.3, -0.25) is 0 Å². The Kier molecular flexibility index (Phi) is 5.72. The molecule has 27 heavy (non-hydrogen) atoms. The Morgan fingerprint density at radius 2 is 1.41 bits per heavy atom. The topological polar surface area (TPSA) is 53.5 Å². The van der Waals surface area contributed by atoms with Crippen LogP contribution in [-0.4, -0.2) is 12.2 Å². The number of hydrogen-bond acceptors (Lipinski definition) is 2. The fourth-order valence-electron chi connectivity index (χ4n) is 1.90. The second-order valence-corrected chi connectivity index (χ2v) is 5.17. The van der Waals surface area contributed by atoms with Gasteiger partial charge in [0.2, 0.25) is 0 Å². The fourth-order valence-corrected chi connectivity index (χ4v) is 1.90. The van der Waals surface area contributed by atoms with Crippen LogP contribution >= 0.6 is 0 Å². The predicted octanol–water partition coefficient (Wildman–Crippen LogP) is 5.02. The zero-order valence-electron chi connectivity index (χ0n) is 13.1. The highest BCUT2D eigenvalue weighted by Gasteiger charge is 2.37. The molecule has 2 aromatic rings. The van der Waals surface area contributed by atoms with E-state index in [4.69, 9.17) is 0 Å². The highest BCUT2D eigenvalue weighted by atomic mass is 19.4. The van der Waals surface area contributed by atoms with Crippen molar-refractivity contribution in [3.05, 3.63) is 65.0 Å². The van der Waals surface area contributed by atoms with Gasteiger partial charge in [0.05, 0.1) is 17.3 Å². The number of alkyl halides is 6. The molecule has 2 amide bonds. The van der Waals surface area contributed by atoms with Crippen molar-refractivity contribution < 1.29 is 35.5 Å². The summed E-state index contributed by atoms with van der Waals surface area (Å²) in [6.07, 6.45) is -8.96. The molecule has 0 radical (unpaired) electrons. The molecule has 2 rings (SSSR count). The van der Waals surface area contributed by atoms with Crippen molar-refractivity contribution >= 4 is 17.9 Å². The number of halogens is 7. The number of rotatable bonds is 3. The molecule has 0 heterocycles. The lowest BCUT2D eigenvalue weighted by molar-refractivity contribution is -0.143. The largest absolute Gasteiger partial charge is 0.416 e. The van der Waals surface area contributed by atoms with Gasteiger partial charge in [-0.2, -0.15) is 31.4 Å². The number of hydrogen-bond donors (Lipinski definition) is 2. The van der Waals surface area contributed by atoms with Gasteiger partial charge in [-0.05, 0) is 35.9 Å². The molecular formula is C16H10F7N3O. The number of anilines is 1. The summed E-state index contributed by atoms with van der Waals surface area (Å²) >= 11 is 0. The SMILES string of the molecule is O=C(N/N=C\c1ccc(F)cc1)Nc1cc(C(F)(F)F)cc(C(F)(F)F)c1. The van der Waals surface area contributed by atoms with E-state index < -0.39 is 41.0 Å². The molecule has 2 aromatic carbocycles. The first-order valence-corrected chi connectivity index (χ1v) is 7.10. The van der Waals surface area contributed by atoms with Gasteiger partial charge < -0.3 is 5.32 Å². The maximum absolute atomic E-state index is 12.7. The van der Waals surface area contributed by atoms with Crippen LogP contribution in [0.2, 0.25) is 0 Å². The molecule has 0 bridgehead atoms. The van der Waals surface area contributed by atoms with E-state index in [1.165, 1.54) is 12.1 Å². The Morgan fingerprint density at radius 3 is 1.89 bits per heavy atom. The summed E-state index contributed by atoms with van der Waals surface area (Å²) in [5.41, 5.74) is -1.58. The van der Waals surface area contributed by atoms with Crippen LogP contribution in [0.3, 0.4) is 0 Å². The minimum atomic E-state index is -5.03. The Labute approximate surface area is 147 Å². The maximum atomic E-state index is 12.7. The van der Waals surface area contributed by atoms with Crippen LogP contribution < -0.4 is 10.7 Å². The molecule has 4 nitrogen and oxygen atoms in total. The van der Waals surface area contributed by atoms with Gasteiger partial charge >= 0.3 is 18.4 Å². The number of carbonyl (C=O) groups is 1. The van der Waals surface area contributed by atoms with Crippen molar-refractivity contribution in [3.63, 3.8) is 0 Å². The van der Waals surface area contributed by atoms with Crippen molar-refractivity contribution in [2.45, 2.75) is 12.4 Å².